The van der Waals surface area contributed by atoms with Crippen LogP contribution in [0.4, 0.5) is 13.2 Å². The van der Waals surface area contributed by atoms with Gasteiger partial charge in [-0.3, -0.25) is 9.59 Å². The quantitative estimate of drug-likeness (QED) is 0.738. The minimum atomic E-state index is -3.10. The SMILES string of the molecule is O=C(CNC(=O)c1ccccc1OC(F)F)OCc1c(F)cccc1Cl. The van der Waals surface area contributed by atoms with Crippen LogP contribution in [0.2, 0.25) is 5.02 Å². The molecule has 0 aliphatic heterocycles. The molecule has 0 aliphatic carbocycles. The van der Waals surface area contributed by atoms with Crippen LogP contribution in [0.3, 0.4) is 0 Å². The van der Waals surface area contributed by atoms with Crippen LogP contribution in [-0.4, -0.2) is 25.0 Å². The van der Waals surface area contributed by atoms with Crippen molar-refractivity contribution >= 4 is 23.5 Å². The number of alkyl halides is 2. The first-order valence-electron chi connectivity index (χ1n) is 7.29. The van der Waals surface area contributed by atoms with E-state index in [1.165, 1.54) is 36.4 Å². The summed E-state index contributed by atoms with van der Waals surface area (Å²) in [6.07, 6.45) is 0. The maximum absolute atomic E-state index is 13.6. The average molecular weight is 388 g/mol. The fourth-order valence-electron chi connectivity index (χ4n) is 1.97. The number of carbonyl (C=O) groups excluding carboxylic acids is 2. The minimum absolute atomic E-state index is 0.00419. The maximum Gasteiger partial charge on any atom is 0.387 e. The van der Waals surface area contributed by atoms with Gasteiger partial charge in [-0.2, -0.15) is 8.78 Å². The number of hydrogen-bond donors (Lipinski definition) is 1. The van der Waals surface area contributed by atoms with E-state index in [0.29, 0.717) is 0 Å². The molecule has 1 N–H and O–H groups in total. The topological polar surface area (TPSA) is 64.6 Å². The van der Waals surface area contributed by atoms with Crippen LogP contribution in [0.1, 0.15) is 15.9 Å². The third-order valence-electron chi connectivity index (χ3n) is 3.18. The number of esters is 1. The van der Waals surface area contributed by atoms with Gasteiger partial charge in [-0.25, -0.2) is 4.39 Å². The third kappa shape index (κ3) is 5.38. The molecule has 0 aromatic heterocycles. The third-order valence-corrected chi connectivity index (χ3v) is 3.53. The Balaban J connectivity index is 1.90. The maximum atomic E-state index is 13.6. The highest BCUT2D eigenvalue weighted by Crippen LogP contribution is 2.21. The summed E-state index contributed by atoms with van der Waals surface area (Å²) in [6.45, 7) is -4.06. The lowest BCUT2D eigenvalue weighted by Gasteiger charge is -2.11. The van der Waals surface area contributed by atoms with Crippen molar-refractivity contribution in [2.24, 2.45) is 0 Å². The predicted molar refractivity (Wildman–Crippen MR) is 86.6 cm³/mol. The van der Waals surface area contributed by atoms with Crippen molar-refractivity contribution in [3.05, 3.63) is 64.4 Å². The van der Waals surface area contributed by atoms with E-state index in [4.69, 9.17) is 16.3 Å². The Kier molecular flexibility index (Phi) is 6.85. The molecule has 2 aromatic carbocycles. The molecule has 26 heavy (non-hydrogen) atoms. The molecule has 138 valence electrons. The van der Waals surface area contributed by atoms with Crippen LogP contribution in [0, 0.1) is 5.82 Å². The number of ether oxygens (including phenoxy) is 2. The van der Waals surface area contributed by atoms with Gasteiger partial charge in [0.05, 0.1) is 10.6 Å². The summed E-state index contributed by atoms with van der Waals surface area (Å²) >= 11 is 5.80. The van der Waals surface area contributed by atoms with Gasteiger partial charge in [0, 0.05) is 5.56 Å². The van der Waals surface area contributed by atoms with Gasteiger partial charge in [0.15, 0.2) is 0 Å². The van der Waals surface area contributed by atoms with Crippen LogP contribution in [0.5, 0.6) is 5.75 Å². The summed E-state index contributed by atoms with van der Waals surface area (Å²) in [5.74, 6) is -2.62. The number of hydrogen-bond acceptors (Lipinski definition) is 4. The number of para-hydroxylation sites is 1. The molecule has 2 aromatic rings. The molecule has 2 rings (SSSR count). The highest BCUT2D eigenvalue weighted by Gasteiger charge is 2.17. The Hall–Kier alpha value is -2.74. The van der Waals surface area contributed by atoms with Crippen molar-refractivity contribution in [2.75, 3.05) is 6.54 Å². The Morgan fingerprint density at radius 1 is 1.12 bits per heavy atom. The molecule has 0 unspecified atom stereocenters. The van der Waals surface area contributed by atoms with Crippen molar-refractivity contribution in [3.8, 4) is 5.75 Å². The first-order valence-corrected chi connectivity index (χ1v) is 7.67. The lowest BCUT2D eigenvalue weighted by molar-refractivity contribution is -0.143. The second-order valence-corrected chi connectivity index (χ2v) is 5.33. The van der Waals surface area contributed by atoms with E-state index < -0.39 is 37.5 Å². The summed E-state index contributed by atoms with van der Waals surface area (Å²) in [4.78, 5) is 23.7. The van der Waals surface area contributed by atoms with E-state index in [-0.39, 0.29) is 21.9 Å². The zero-order valence-electron chi connectivity index (χ0n) is 13.2. The lowest BCUT2D eigenvalue weighted by Crippen LogP contribution is -2.31. The molecule has 0 aliphatic rings. The number of halogens is 4. The van der Waals surface area contributed by atoms with Crippen molar-refractivity contribution < 1.29 is 32.2 Å². The standard InChI is InChI=1S/C17H13ClF3NO4/c18-12-5-3-6-13(19)11(12)9-25-15(23)8-22-16(24)10-4-1-2-7-14(10)26-17(20)21/h1-7,17H,8-9H2,(H,22,24). The monoisotopic (exact) mass is 387 g/mol. The zero-order valence-corrected chi connectivity index (χ0v) is 13.9. The second-order valence-electron chi connectivity index (χ2n) is 4.92. The van der Waals surface area contributed by atoms with E-state index in [9.17, 15) is 22.8 Å². The summed E-state index contributed by atoms with van der Waals surface area (Å²) in [6, 6.07) is 9.33. The van der Waals surface area contributed by atoms with Crippen LogP contribution in [0.15, 0.2) is 42.5 Å². The molecule has 0 heterocycles. The molecule has 0 atom stereocenters. The average Bonchev–Trinajstić information content (AvgIpc) is 2.59. The molecule has 1 amide bonds. The Bertz CT molecular complexity index is 781. The number of amides is 1. The molecule has 9 heteroatoms. The minimum Gasteiger partial charge on any atom is -0.459 e. The molecule has 5 nitrogen and oxygen atoms in total. The van der Waals surface area contributed by atoms with E-state index in [1.807, 2.05) is 0 Å². The first kappa shape index (κ1) is 19.6. The van der Waals surface area contributed by atoms with Gasteiger partial charge < -0.3 is 14.8 Å². The van der Waals surface area contributed by atoms with Gasteiger partial charge in [-0.15, -0.1) is 0 Å². The van der Waals surface area contributed by atoms with E-state index in [0.717, 1.165) is 6.07 Å². The molecular formula is C17H13ClF3NO4. The lowest BCUT2D eigenvalue weighted by atomic mass is 10.2. The fraction of sp³-hybridized carbons (Fsp3) is 0.176. The van der Waals surface area contributed by atoms with Gasteiger partial charge in [-0.1, -0.05) is 29.8 Å². The Morgan fingerprint density at radius 3 is 2.54 bits per heavy atom. The van der Waals surface area contributed by atoms with Crippen molar-refractivity contribution in [2.45, 2.75) is 13.2 Å². The van der Waals surface area contributed by atoms with E-state index >= 15 is 0 Å². The van der Waals surface area contributed by atoms with E-state index in [2.05, 4.69) is 10.1 Å². The predicted octanol–water partition coefficient (Wildman–Crippen LogP) is 3.55. The van der Waals surface area contributed by atoms with Crippen molar-refractivity contribution in [3.63, 3.8) is 0 Å². The number of nitrogens with one attached hydrogen (secondary N) is 1. The normalized spacial score (nSPS) is 10.5. The largest absolute Gasteiger partial charge is 0.459 e. The number of carbonyl (C=O) groups is 2. The van der Waals surface area contributed by atoms with Gasteiger partial charge in [0.25, 0.3) is 5.91 Å². The molecule has 0 bridgehead atoms. The highest BCUT2D eigenvalue weighted by molar-refractivity contribution is 6.31. The summed E-state index contributed by atoms with van der Waals surface area (Å²) in [5, 5.41) is 2.31. The van der Waals surface area contributed by atoms with Crippen LogP contribution in [-0.2, 0) is 16.1 Å². The molecule has 0 spiro atoms. The summed E-state index contributed by atoms with van der Waals surface area (Å²) in [7, 11) is 0. The molecule has 0 saturated carbocycles. The van der Waals surface area contributed by atoms with Gasteiger partial charge in [-0.05, 0) is 24.3 Å². The fourth-order valence-corrected chi connectivity index (χ4v) is 2.19. The number of rotatable bonds is 7. The van der Waals surface area contributed by atoms with Crippen LogP contribution < -0.4 is 10.1 Å². The molecular weight excluding hydrogens is 375 g/mol. The van der Waals surface area contributed by atoms with Crippen LogP contribution in [0.25, 0.3) is 0 Å². The van der Waals surface area contributed by atoms with Gasteiger partial charge in [0.2, 0.25) is 0 Å². The summed E-state index contributed by atoms with van der Waals surface area (Å²) in [5.41, 5.74) is -0.165. The molecule has 0 fully saturated rings. The Morgan fingerprint density at radius 2 is 1.85 bits per heavy atom. The van der Waals surface area contributed by atoms with Crippen molar-refractivity contribution in [1.29, 1.82) is 0 Å². The summed E-state index contributed by atoms with van der Waals surface area (Å²) < 4.78 is 47.3. The van der Waals surface area contributed by atoms with Gasteiger partial charge >= 0.3 is 12.6 Å². The number of benzene rings is 2. The first-order chi connectivity index (χ1) is 12.4. The molecule has 0 saturated heterocycles. The van der Waals surface area contributed by atoms with E-state index in [1.54, 1.807) is 0 Å². The zero-order chi connectivity index (χ0) is 19.1. The van der Waals surface area contributed by atoms with Crippen molar-refractivity contribution in [1.82, 2.24) is 5.32 Å². The van der Waals surface area contributed by atoms with Crippen LogP contribution >= 0.6 is 11.6 Å². The second kappa shape index (κ2) is 9.10. The highest BCUT2D eigenvalue weighted by atomic mass is 35.5. The van der Waals surface area contributed by atoms with Gasteiger partial charge in [0.1, 0.15) is 24.7 Å². The smallest absolute Gasteiger partial charge is 0.387 e. The molecule has 0 radical (unpaired) electrons. The Labute approximate surface area is 151 Å².